The van der Waals surface area contributed by atoms with Gasteiger partial charge in [-0.15, -0.1) is 0 Å². The predicted octanol–water partition coefficient (Wildman–Crippen LogP) is 4.37. The van der Waals surface area contributed by atoms with E-state index in [0.717, 1.165) is 11.1 Å². The average molecular weight is 339 g/mol. The van der Waals surface area contributed by atoms with E-state index in [0.29, 0.717) is 13.0 Å². The van der Waals surface area contributed by atoms with Crippen molar-refractivity contribution in [2.75, 3.05) is 6.61 Å². The van der Waals surface area contributed by atoms with Crippen LogP contribution in [0.25, 0.3) is 0 Å². The number of ether oxygens (including phenoxy) is 1. The van der Waals surface area contributed by atoms with Crippen LogP contribution in [0.3, 0.4) is 0 Å². The van der Waals surface area contributed by atoms with Gasteiger partial charge >= 0.3 is 0 Å². The van der Waals surface area contributed by atoms with Gasteiger partial charge in [0.25, 0.3) is 5.17 Å². The Kier molecular flexibility index (Phi) is 4.95. The monoisotopic (exact) mass is 339 g/mol. The summed E-state index contributed by atoms with van der Waals surface area (Å²) in [6.07, 6.45) is 0.413. The van der Waals surface area contributed by atoms with E-state index in [1.165, 1.54) is 5.56 Å². The molecule has 0 aromatic heterocycles. The Bertz CT molecular complexity index is 727. The zero-order valence-corrected chi connectivity index (χ0v) is 14.8. The maximum Gasteiger partial charge on any atom is 0.266 e. The third-order valence-electron chi connectivity index (χ3n) is 4.45. The Labute approximate surface area is 148 Å². The van der Waals surface area contributed by atoms with Crippen LogP contribution >= 0.6 is 12.2 Å². The standard InChI is InChI=1S/C20H21NO2S/c1-14-8-10-16(11-9-14)15(2)12-19(22)21-18(13-23-20(21)24)17-6-4-3-5-7-17/h3-11,15,18H,12-13H2,1-2H3/t15-,18-/m0/s1. The number of carbonyl (C=O) groups excluding carboxylic acids is 1. The predicted molar refractivity (Wildman–Crippen MR) is 98.8 cm³/mol. The third kappa shape index (κ3) is 3.49. The first-order valence-electron chi connectivity index (χ1n) is 8.16. The lowest BCUT2D eigenvalue weighted by Gasteiger charge is -2.23. The molecule has 0 saturated carbocycles. The van der Waals surface area contributed by atoms with E-state index >= 15 is 0 Å². The lowest BCUT2D eigenvalue weighted by Crippen LogP contribution is -2.34. The number of hydrogen-bond donors (Lipinski definition) is 0. The Morgan fingerprint density at radius 1 is 1.21 bits per heavy atom. The van der Waals surface area contributed by atoms with Crippen molar-refractivity contribution in [1.29, 1.82) is 0 Å². The number of thiocarbonyl (C=S) groups is 1. The lowest BCUT2D eigenvalue weighted by atomic mass is 9.96. The highest BCUT2D eigenvalue weighted by atomic mass is 32.1. The minimum absolute atomic E-state index is 0.0134. The molecule has 0 spiro atoms. The molecule has 124 valence electrons. The average Bonchev–Trinajstić information content (AvgIpc) is 2.98. The number of hydrogen-bond acceptors (Lipinski definition) is 3. The maximum atomic E-state index is 12.8. The van der Waals surface area contributed by atoms with Gasteiger partial charge in [0.1, 0.15) is 6.61 Å². The first-order valence-corrected chi connectivity index (χ1v) is 8.57. The van der Waals surface area contributed by atoms with Gasteiger partial charge in [0.15, 0.2) is 0 Å². The summed E-state index contributed by atoms with van der Waals surface area (Å²) in [4.78, 5) is 14.5. The number of carbonyl (C=O) groups is 1. The van der Waals surface area contributed by atoms with Gasteiger partial charge in [0.05, 0.1) is 6.04 Å². The van der Waals surface area contributed by atoms with Crippen LogP contribution in [-0.4, -0.2) is 22.6 Å². The molecule has 1 heterocycles. The van der Waals surface area contributed by atoms with Gasteiger partial charge in [0, 0.05) is 6.42 Å². The van der Waals surface area contributed by atoms with Crippen molar-refractivity contribution in [3.63, 3.8) is 0 Å². The number of aryl methyl sites for hydroxylation is 1. The van der Waals surface area contributed by atoms with E-state index in [2.05, 4.69) is 38.1 Å². The summed E-state index contributed by atoms with van der Waals surface area (Å²) in [5.74, 6) is 0.150. The molecule has 1 fully saturated rings. The molecule has 0 N–H and O–H groups in total. The number of amides is 1. The smallest absolute Gasteiger partial charge is 0.266 e. The summed E-state index contributed by atoms with van der Waals surface area (Å²) >= 11 is 5.26. The van der Waals surface area contributed by atoms with Crippen molar-refractivity contribution in [2.45, 2.75) is 32.2 Å². The molecule has 1 saturated heterocycles. The lowest BCUT2D eigenvalue weighted by molar-refractivity contribution is -0.128. The van der Waals surface area contributed by atoms with E-state index in [1.807, 2.05) is 30.3 Å². The van der Waals surface area contributed by atoms with Crippen LogP contribution in [0, 0.1) is 6.92 Å². The molecule has 3 rings (SSSR count). The fourth-order valence-electron chi connectivity index (χ4n) is 2.99. The largest absolute Gasteiger partial charge is 0.468 e. The highest BCUT2D eigenvalue weighted by molar-refractivity contribution is 7.80. The molecule has 1 aliphatic rings. The molecule has 1 amide bonds. The molecule has 4 heteroatoms. The van der Waals surface area contributed by atoms with Crippen molar-refractivity contribution in [1.82, 2.24) is 4.90 Å². The molecular weight excluding hydrogens is 318 g/mol. The highest BCUT2D eigenvalue weighted by Gasteiger charge is 2.36. The van der Waals surface area contributed by atoms with E-state index in [-0.39, 0.29) is 23.0 Å². The molecular formula is C20H21NO2S. The fraction of sp³-hybridized carbons (Fsp3) is 0.300. The first-order chi connectivity index (χ1) is 11.6. The summed E-state index contributed by atoms with van der Waals surface area (Å²) < 4.78 is 5.49. The Morgan fingerprint density at radius 3 is 2.54 bits per heavy atom. The zero-order valence-electron chi connectivity index (χ0n) is 13.9. The topological polar surface area (TPSA) is 29.5 Å². The summed E-state index contributed by atoms with van der Waals surface area (Å²) in [5, 5.41) is 0.282. The molecule has 0 bridgehead atoms. The summed E-state index contributed by atoms with van der Waals surface area (Å²) in [6, 6.07) is 18.1. The molecule has 2 aromatic carbocycles. The second kappa shape index (κ2) is 7.14. The van der Waals surface area contributed by atoms with Crippen LogP contribution in [0.5, 0.6) is 0 Å². The van der Waals surface area contributed by atoms with Gasteiger partial charge in [-0.1, -0.05) is 67.1 Å². The van der Waals surface area contributed by atoms with E-state index in [1.54, 1.807) is 4.90 Å². The molecule has 24 heavy (non-hydrogen) atoms. The van der Waals surface area contributed by atoms with Gasteiger partial charge in [-0.05, 0) is 36.2 Å². The summed E-state index contributed by atoms with van der Waals surface area (Å²) in [6.45, 7) is 4.55. The number of nitrogens with zero attached hydrogens (tertiary/aromatic N) is 1. The minimum atomic E-state index is -0.128. The van der Waals surface area contributed by atoms with E-state index in [9.17, 15) is 4.79 Å². The summed E-state index contributed by atoms with van der Waals surface area (Å²) in [7, 11) is 0. The molecule has 2 aromatic rings. The van der Waals surface area contributed by atoms with Gasteiger partial charge in [-0.3, -0.25) is 9.69 Å². The van der Waals surface area contributed by atoms with Crippen LogP contribution < -0.4 is 0 Å². The highest BCUT2D eigenvalue weighted by Crippen LogP contribution is 2.30. The minimum Gasteiger partial charge on any atom is -0.468 e. The second-order valence-corrected chi connectivity index (χ2v) is 6.63. The van der Waals surface area contributed by atoms with E-state index < -0.39 is 0 Å². The summed E-state index contributed by atoms with van der Waals surface area (Å²) in [5.41, 5.74) is 3.43. The van der Waals surface area contributed by atoms with Crippen LogP contribution in [0.1, 0.15) is 42.0 Å². The van der Waals surface area contributed by atoms with E-state index in [4.69, 9.17) is 17.0 Å². The van der Waals surface area contributed by atoms with Crippen molar-refractivity contribution in [3.05, 3.63) is 71.3 Å². The van der Waals surface area contributed by atoms with Crippen molar-refractivity contribution < 1.29 is 9.53 Å². The first kappa shape index (κ1) is 16.7. The van der Waals surface area contributed by atoms with Crippen LogP contribution in [0.4, 0.5) is 0 Å². The zero-order chi connectivity index (χ0) is 17.1. The van der Waals surface area contributed by atoms with Crippen LogP contribution in [-0.2, 0) is 9.53 Å². The molecule has 1 aliphatic heterocycles. The quantitative estimate of drug-likeness (QED) is 0.775. The van der Waals surface area contributed by atoms with Crippen molar-refractivity contribution in [2.24, 2.45) is 0 Å². The SMILES string of the molecule is Cc1ccc([C@@H](C)CC(=O)N2C(=S)OC[C@H]2c2ccccc2)cc1. The number of benzene rings is 2. The second-order valence-electron chi connectivity index (χ2n) is 6.28. The van der Waals surface area contributed by atoms with Crippen LogP contribution in [0.15, 0.2) is 54.6 Å². The van der Waals surface area contributed by atoms with Gasteiger partial charge < -0.3 is 4.74 Å². The Hall–Kier alpha value is -2.20. The fourth-order valence-corrected chi connectivity index (χ4v) is 3.29. The van der Waals surface area contributed by atoms with Crippen molar-refractivity contribution >= 4 is 23.3 Å². The molecule has 3 nitrogen and oxygen atoms in total. The normalized spacial score (nSPS) is 18.3. The van der Waals surface area contributed by atoms with Gasteiger partial charge in [0.2, 0.25) is 5.91 Å². The molecule has 0 radical (unpaired) electrons. The Morgan fingerprint density at radius 2 is 1.88 bits per heavy atom. The molecule has 0 aliphatic carbocycles. The Balaban J connectivity index is 1.75. The maximum absolute atomic E-state index is 12.8. The van der Waals surface area contributed by atoms with Crippen LogP contribution in [0.2, 0.25) is 0 Å². The third-order valence-corrected chi connectivity index (χ3v) is 4.77. The van der Waals surface area contributed by atoms with Crippen molar-refractivity contribution in [3.8, 4) is 0 Å². The van der Waals surface area contributed by atoms with Gasteiger partial charge in [-0.2, -0.15) is 0 Å². The van der Waals surface area contributed by atoms with Gasteiger partial charge in [-0.25, -0.2) is 0 Å². The molecule has 2 atom stereocenters. The molecule has 0 unspecified atom stereocenters. The number of rotatable bonds is 4.